The van der Waals surface area contributed by atoms with Gasteiger partial charge in [-0.3, -0.25) is 4.74 Å². The standard InChI is InChI=1S/C12H15F3O/c13-12(14,15)16-10-6-2-5-9-11-7-3-1-4-8-11/h1,3-4,7-8H,2,5-6,9-10H2. The average molecular weight is 232 g/mol. The van der Waals surface area contributed by atoms with E-state index in [0.717, 1.165) is 19.3 Å². The summed E-state index contributed by atoms with van der Waals surface area (Å²) in [6, 6.07) is 9.91. The Morgan fingerprint density at radius 2 is 1.62 bits per heavy atom. The molecular weight excluding hydrogens is 217 g/mol. The molecule has 1 nitrogen and oxygen atoms in total. The predicted octanol–water partition coefficient (Wildman–Crippen LogP) is 3.94. The van der Waals surface area contributed by atoms with Crippen molar-refractivity contribution in [2.45, 2.75) is 32.0 Å². The van der Waals surface area contributed by atoms with Gasteiger partial charge in [-0.2, -0.15) is 0 Å². The summed E-state index contributed by atoms with van der Waals surface area (Å²) in [5.74, 6) is 0. The van der Waals surface area contributed by atoms with Crippen molar-refractivity contribution in [3.63, 3.8) is 0 Å². The van der Waals surface area contributed by atoms with Crippen LogP contribution in [-0.2, 0) is 11.2 Å². The number of hydrogen-bond acceptors (Lipinski definition) is 1. The molecule has 4 heteroatoms. The first-order valence-corrected chi connectivity index (χ1v) is 5.32. The molecule has 0 aromatic heterocycles. The van der Waals surface area contributed by atoms with Crippen LogP contribution in [0, 0.1) is 0 Å². The first-order valence-electron chi connectivity index (χ1n) is 5.32. The third-order valence-electron chi connectivity index (χ3n) is 2.22. The number of hydrogen-bond donors (Lipinski definition) is 0. The van der Waals surface area contributed by atoms with Gasteiger partial charge in [0.05, 0.1) is 6.61 Å². The van der Waals surface area contributed by atoms with Crippen LogP contribution in [0.4, 0.5) is 13.2 Å². The van der Waals surface area contributed by atoms with E-state index in [9.17, 15) is 13.2 Å². The summed E-state index contributed by atoms with van der Waals surface area (Å²) in [6.45, 7) is -0.238. The second-order valence-electron chi connectivity index (χ2n) is 3.59. The van der Waals surface area contributed by atoms with Crippen LogP contribution in [0.1, 0.15) is 24.8 Å². The van der Waals surface area contributed by atoms with Gasteiger partial charge in [-0.25, -0.2) is 0 Å². The smallest absolute Gasteiger partial charge is 0.292 e. The Kier molecular flexibility index (Phi) is 5.32. The minimum Gasteiger partial charge on any atom is -0.292 e. The number of ether oxygens (including phenoxy) is 1. The third-order valence-corrected chi connectivity index (χ3v) is 2.22. The average Bonchev–Trinajstić information content (AvgIpc) is 2.23. The van der Waals surface area contributed by atoms with Crippen LogP contribution in [0.15, 0.2) is 30.3 Å². The molecule has 0 heterocycles. The SMILES string of the molecule is FC(F)(F)OCCCCCc1ccccc1. The number of unbranched alkanes of at least 4 members (excludes halogenated alkanes) is 2. The van der Waals surface area contributed by atoms with Gasteiger partial charge >= 0.3 is 6.36 Å². The molecule has 0 bridgehead atoms. The summed E-state index contributed by atoms with van der Waals surface area (Å²) in [5, 5.41) is 0. The monoisotopic (exact) mass is 232 g/mol. The summed E-state index contributed by atoms with van der Waals surface area (Å²) in [5.41, 5.74) is 1.22. The molecule has 0 saturated heterocycles. The molecule has 0 aliphatic carbocycles. The van der Waals surface area contributed by atoms with Crippen LogP contribution in [-0.4, -0.2) is 13.0 Å². The van der Waals surface area contributed by atoms with Gasteiger partial charge in [0.1, 0.15) is 0 Å². The minimum absolute atomic E-state index is 0.238. The quantitative estimate of drug-likeness (QED) is 0.675. The van der Waals surface area contributed by atoms with Crippen molar-refractivity contribution in [3.05, 3.63) is 35.9 Å². The van der Waals surface area contributed by atoms with Crippen molar-refractivity contribution < 1.29 is 17.9 Å². The van der Waals surface area contributed by atoms with Gasteiger partial charge in [0.2, 0.25) is 0 Å². The molecule has 0 radical (unpaired) electrons. The second kappa shape index (κ2) is 6.53. The summed E-state index contributed by atoms with van der Waals surface area (Å²) in [7, 11) is 0. The lowest BCUT2D eigenvalue weighted by Gasteiger charge is -2.06. The Balaban J connectivity index is 2.01. The van der Waals surface area contributed by atoms with Gasteiger partial charge in [-0.15, -0.1) is 13.2 Å². The van der Waals surface area contributed by atoms with E-state index in [1.807, 2.05) is 30.3 Å². The molecule has 0 atom stereocenters. The zero-order chi connectivity index (χ0) is 11.9. The van der Waals surface area contributed by atoms with Crippen LogP contribution < -0.4 is 0 Å². The Bertz CT molecular complexity index is 282. The lowest BCUT2D eigenvalue weighted by Crippen LogP contribution is -2.14. The number of halogens is 3. The topological polar surface area (TPSA) is 9.23 Å². The van der Waals surface area contributed by atoms with Crippen molar-refractivity contribution in [3.8, 4) is 0 Å². The van der Waals surface area contributed by atoms with Gasteiger partial charge in [0.15, 0.2) is 0 Å². The molecule has 90 valence electrons. The van der Waals surface area contributed by atoms with E-state index in [1.165, 1.54) is 5.56 Å². The molecule has 0 amide bonds. The van der Waals surface area contributed by atoms with E-state index < -0.39 is 6.36 Å². The Morgan fingerprint density at radius 3 is 2.25 bits per heavy atom. The maximum Gasteiger partial charge on any atom is 0.522 e. The minimum atomic E-state index is -4.49. The van der Waals surface area contributed by atoms with Crippen LogP contribution in [0.3, 0.4) is 0 Å². The van der Waals surface area contributed by atoms with Crippen molar-refractivity contribution in [1.82, 2.24) is 0 Å². The normalized spacial score (nSPS) is 11.7. The Hall–Kier alpha value is -1.03. The fourth-order valence-corrected chi connectivity index (χ4v) is 1.44. The van der Waals surface area contributed by atoms with Gasteiger partial charge in [-0.05, 0) is 24.8 Å². The van der Waals surface area contributed by atoms with E-state index in [-0.39, 0.29) is 6.61 Å². The molecule has 0 spiro atoms. The largest absolute Gasteiger partial charge is 0.522 e. The summed E-state index contributed by atoms with van der Waals surface area (Å²) < 4.78 is 38.5. The van der Waals surface area contributed by atoms with Crippen molar-refractivity contribution >= 4 is 0 Å². The highest BCUT2D eigenvalue weighted by Crippen LogP contribution is 2.16. The zero-order valence-electron chi connectivity index (χ0n) is 8.96. The lowest BCUT2D eigenvalue weighted by molar-refractivity contribution is -0.324. The van der Waals surface area contributed by atoms with E-state index >= 15 is 0 Å². The highest BCUT2D eigenvalue weighted by molar-refractivity contribution is 5.14. The molecule has 0 saturated carbocycles. The summed E-state index contributed by atoms with van der Waals surface area (Å²) in [4.78, 5) is 0. The molecule has 0 aliphatic rings. The van der Waals surface area contributed by atoms with Gasteiger partial charge in [0.25, 0.3) is 0 Å². The Morgan fingerprint density at radius 1 is 0.938 bits per heavy atom. The predicted molar refractivity (Wildman–Crippen MR) is 56.0 cm³/mol. The zero-order valence-corrected chi connectivity index (χ0v) is 8.96. The molecule has 1 rings (SSSR count). The van der Waals surface area contributed by atoms with Crippen molar-refractivity contribution in [2.75, 3.05) is 6.61 Å². The van der Waals surface area contributed by atoms with E-state index in [0.29, 0.717) is 6.42 Å². The number of benzene rings is 1. The van der Waals surface area contributed by atoms with Crippen LogP contribution in [0.5, 0.6) is 0 Å². The van der Waals surface area contributed by atoms with Crippen LogP contribution in [0.25, 0.3) is 0 Å². The number of rotatable bonds is 6. The molecule has 1 aromatic rings. The summed E-state index contributed by atoms with van der Waals surface area (Å²) >= 11 is 0. The Labute approximate surface area is 93.2 Å². The molecule has 0 aliphatic heterocycles. The number of aryl methyl sites for hydroxylation is 1. The lowest BCUT2D eigenvalue weighted by atomic mass is 10.1. The fraction of sp³-hybridized carbons (Fsp3) is 0.500. The van der Waals surface area contributed by atoms with Gasteiger partial charge < -0.3 is 0 Å². The first-order chi connectivity index (χ1) is 7.58. The molecular formula is C12H15F3O. The van der Waals surface area contributed by atoms with Gasteiger partial charge in [0, 0.05) is 0 Å². The van der Waals surface area contributed by atoms with Gasteiger partial charge in [-0.1, -0.05) is 36.8 Å². The van der Waals surface area contributed by atoms with Crippen LogP contribution in [0.2, 0.25) is 0 Å². The third kappa shape index (κ3) is 6.45. The maximum atomic E-state index is 11.6. The van der Waals surface area contributed by atoms with E-state index in [1.54, 1.807) is 0 Å². The van der Waals surface area contributed by atoms with Crippen molar-refractivity contribution in [1.29, 1.82) is 0 Å². The van der Waals surface area contributed by atoms with E-state index in [2.05, 4.69) is 4.74 Å². The first kappa shape index (κ1) is 13.0. The molecule has 0 N–H and O–H groups in total. The van der Waals surface area contributed by atoms with Crippen LogP contribution >= 0.6 is 0 Å². The molecule has 0 unspecified atom stereocenters. The molecule has 1 aromatic carbocycles. The molecule has 16 heavy (non-hydrogen) atoms. The van der Waals surface area contributed by atoms with Crippen molar-refractivity contribution in [2.24, 2.45) is 0 Å². The highest BCUT2D eigenvalue weighted by Gasteiger charge is 2.28. The highest BCUT2D eigenvalue weighted by atomic mass is 19.4. The fourth-order valence-electron chi connectivity index (χ4n) is 1.44. The maximum absolute atomic E-state index is 11.6. The molecule has 0 fully saturated rings. The van der Waals surface area contributed by atoms with E-state index in [4.69, 9.17) is 0 Å². The second-order valence-corrected chi connectivity index (χ2v) is 3.59. The summed E-state index contributed by atoms with van der Waals surface area (Å²) in [6.07, 6.45) is -1.48. The number of alkyl halides is 3.